The van der Waals surface area contributed by atoms with E-state index in [0.29, 0.717) is 0 Å². The number of aromatic nitrogens is 3. The lowest BCUT2D eigenvalue weighted by Crippen LogP contribution is -2.51. The zero-order valence-electron chi connectivity index (χ0n) is 8.55. The lowest BCUT2D eigenvalue weighted by atomic mass is 10.5. The number of carbonyl (C=O) groups is 1. The largest absolute Gasteiger partial charge is 0.494 e. The smallest absolute Gasteiger partial charge is 0.330 e. The van der Waals surface area contributed by atoms with Gasteiger partial charge in [0.05, 0.1) is 6.08 Å². The number of amides is 1. The van der Waals surface area contributed by atoms with Crippen LogP contribution in [0.15, 0.2) is 26.3 Å². The highest BCUT2D eigenvalue weighted by atomic mass is 16.6. The molecule has 1 aromatic heterocycles. The Morgan fingerprint density at radius 2 is 1.33 bits per heavy atom. The third-order valence-corrected chi connectivity index (χ3v) is 1.39. The Bertz CT molecular complexity index is 546. The summed E-state index contributed by atoms with van der Waals surface area (Å²) in [5.74, 6) is -0.991. The van der Waals surface area contributed by atoms with E-state index in [9.17, 15) is 19.2 Å². The Kier molecular flexibility index (Phi) is 4.01. The van der Waals surface area contributed by atoms with Crippen LogP contribution < -0.4 is 27.9 Å². The zero-order chi connectivity index (χ0) is 13.7. The first-order valence-corrected chi connectivity index (χ1v) is 4.26. The molecule has 1 aliphatic rings. The lowest BCUT2D eigenvalue weighted by Gasteiger charge is -2.19. The highest BCUT2D eigenvalue weighted by Crippen LogP contribution is 1.88. The molecule has 7 N–H and O–H groups in total. The molecule has 98 valence electrons. The number of aromatic amines is 3. The summed E-state index contributed by atoms with van der Waals surface area (Å²) < 4.78 is 0. The van der Waals surface area contributed by atoms with Crippen molar-refractivity contribution in [3.05, 3.63) is 43.4 Å². The van der Waals surface area contributed by atoms with Crippen LogP contribution >= 0.6 is 0 Å². The van der Waals surface area contributed by atoms with Gasteiger partial charge in [0, 0.05) is 0 Å². The van der Waals surface area contributed by atoms with Crippen LogP contribution in [0.1, 0.15) is 0 Å². The number of rotatable bonds is 0. The number of aliphatic hydroxyl groups is 1. The summed E-state index contributed by atoms with van der Waals surface area (Å²) >= 11 is 0. The summed E-state index contributed by atoms with van der Waals surface area (Å²) in [6.07, 6.45) is 0.896. The van der Waals surface area contributed by atoms with Crippen molar-refractivity contribution in [3.63, 3.8) is 0 Å². The fourth-order valence-corrected chi connectivity index (χ4v) is 0.833. The summed E-state index contributed by atoms with van der Waals surface area (Å²) in [7, 11) is 0. The fourth-order valence-electron chi connectivity index (χ4n) is 0.833. The van der Waals surface area contributed by atoms with E-state index >= 15 is 0 Å². The molecule has 0 atom stereocenters. The van der Waals surface area contributed by atoms with Gasteiger partial charge in [-0.05, 0) is 5.28 Å². The molecular weight excluding hydrogens is 252 g/mol. The van der Waals surface area contributed by atoms with Gasteiger partial charge < -0.3 is 5.11 Å². The van der Waals surface area contributed by atoms with E-state index in [1.165, 1.54) is 0 Å². The van der Waals surface area contributed by atoms with Crippen LogP contribution in [0.5, 0.6) is 0 Å². The van der Waals surface area contributed by atoms with Gasteiger partial charge in [0.2, 0.25) is 5.88 Å². The number of hydrazine groups is 2. The second-order valence-corrected chi connectivity index (χ2v) is 2.79. The van der Waals surface area contributed by atoms with Crippen molar-refractivity contribution in [2.45, 2.75) is 0 Å². The molecule has 0 saturated heterocycles. The predicted molar refractivity (Wildman–Crippen MR) is 53.9 cm³/mol. The standard InChI is InChI=1S/C3H3N3O3.C3H5N3O3/c7-1-4-2(8)6-3(9)5-1;7-2-1-3(8)5-6(9)4-2/h(H3,4,5,6,7,8,9);1,4,7,9H,(H,5,8). The Morgan fingerprint density at radius 1 is 0.889 bits per heavy atom. The summed E-state index contributed by atoms with van der Waals surface area (Å²) in [6, 6.07) is 0. The first kappa shape index (κ1) is 13.2. The van der Waals surface area contributed by atoms with Gasteiger partial charge >= 0.3 is 17.1 Å². The molecule has 0 saturated carbocycles. The van der Waals surface area contributed by atoms with Crippen molar-refractivity contribution in [2.75, 3.05) is 0 Å². The second kappa shape index (κ2) is 5.46. The SMILES string of the molecule is O=C1C=C(O)NN(O)N1.O=c1[nH]c(=O)[nH]c(=O)[nH]1. The Hall–Kier alpha value is -2.86. The monoisotopic (exact) mass is 260 g/mol. The van der Waals surface area contributed by atoms with Crippen LogP contribution in [0, 0.1) is 0 Å². The van der Waals surface area contributed by atoms with Crippen LogP contribution in [-0.2, 0) is 4.79 Å². The number of nitrogens with zero attached hydrogens (tertiary/aromatic N) is 1. The summed E-state index contributed by atoms with van der Waals surface area (Å²) in [5.41, 5.74) is 1.49. The van der Waals surface area contributed by atoms with Gasteiger partial charge in [-0.25, -0.2) is 25.2 Å². The molecule has 0 spiro atoms. The van der Waals surface area contributed by atoms with Gasteiger partial charge in [0.25, 0.3) is 5.91 Å². The maximum absolute atomic E-state index is 10.3. The minimum atomic E-state index is -0.802. The van der Waals surface area contributed by atoms with Crippen LogP contribution in [0.4, 0.5) is 0 Å². The quantitative estimate of drug-likeness (QED) is 0.249. The van der Waals surface area contributed by atoms with Crippen molar-refractivity contribution in [1.82, 2.24) is 31.1 Å². The number of aliphatic hydroxyl groups excluding tert-OH is 1. The lowest BCUT2D eigenvalue weighted by molar-refractivity contribution is -0.189. The molecule has 0 bridgehead atoms. The number of H-pyrrole nitrogens is 3. The molecule has 0 aliphatic carbocycles. The average Bonchev–Trinajstić information content (AvgIpc) is 2.12. The molecule has 0 radical (unpaired) electrons. The molecule has 12 heteroatoms. The van der Waals surface area contributed by atoms with Gasteiger partial charge in [0.1, 0.15) is 0 Å². The zero-order valence-corrected chi connectivity index (χ0v) is 8.55. The first-order valence-electron chi connectivity index (χ1n) is 4.26. The molecule has 2 heterocycles. The van der Waals surface area contributed by atoms with E-state index in [4.69, 9.17) is 10.3 Å². The predicted octanol–water partition coefficient (Wildman–Crippen LogP) is -3.62. The van der Waals surface area contributed by atoms with Crippen molar-refractivity contribution in [3.8, 4) is 0 Å². The van der Waals surface area contributed by atoms with Crippen molar-refractivity contribution in [2.24, 2.45) is 0 Å². The third kappa shape index (κ3) is 4.33. The van der Waals surface area contributed by atoms with E-state index in [1.807, 2.05) is 10.9 Å². The van der Waals surface area contributed by atoms with Gasteiger partial charge in [-0.3, -0.25) is 25.0 Å². The van der Waals surface area contributed by atoms with E-state index in [1.54, 1.807) is 15.0 Å². The number of nitrogens with one attached hydrogen (secondary N) is 5. The van der Waals surface area contributed by atoms with Crippen LogP contribution in [0.25, 0.3) is 0 Å². The topological polar surface area (TPSA) is 183 Å². The van der Waals surface area contributed by atoms with Crippen molar-refractivity contribution >= 4 is 5.91 Å². The third-order valence-electron chi connectivity index (χ3n) is 1.39. The number of carbonyl (C=O) groups excluding carboxylic acids is 1. The summed E-state index contributed by atoms with van der Waals surface area (Å²) in [4.78, 5) is 46.2. The van der Waals surface area contributed by atoms with Crippen LogP contribution in [0.3, 0.4) is 0 Å². The van der Waals surface area contributed by atoms with E-state index in [-0.39, 0.29) is 5.28 Å². The van der Waals surface area contributed by atoms with Gasteiger partial charge in [-0.15, -0.1) is 0 Å². The normalized spacial score (nSPS) is 14.7. The van der Waals surface area contributed by atoms with Gasteiger partial charge in [-0.2, -0.15) is 0 Å². The van der Waals surface area contributed by atoms with Crippen LogP contribution in [0.2, 0.25) is 0 Å². The highest BCUT2D eigenvalue weighted by molar-refractivity contribution is 5.87. The molecule has 0 unspecified atom stereocenters. The summed E-state index contributed by atoms with van der Waals surface area (Å²) in [5, 5.41) is 17.2. The first-order chi connectivity index (χ1) is 8.36. The molecule has 18 heavy (non-hydrogen) atoms. The van der Waals surface area contributed by atoms with Crippen molar-refractivity contribution in [1.29, 1.82) is 0 Å². The number of hydrogen-bond donors (Lipinski definition) is 7. The molecule has 1 aliphatic heterocycles. The van der Waals surface area contributed by atoms with E-state index in [0.717, 1.165) is 6.08 Å². The molecule has 0 aromatic carbocycles. The second-order valence-electron chi connectivity index (χ2n) is 2.79. The van der Waals surface area contributed by atoms with Gasteiger partial charge in [-0.1, -0.05) is 0 Å². The van der Waals surface area contributed by atoms with E-state index in [2.05, 4.69) is 0 Å². The fraction of sp³-hybridized carbons (Fsp3) is 0. The Labute approximate surface area is 96.5 Å². The molecule has 2 rings (SSSR count). The molecule has 12 nitrogen and oxygen atoms in total. The summed E-state index contributed by atoms with van der Waals surface area (Å²) in [6.45, 7) is 0. The maximum Gasteiger partial charge on any atom is 0.330 e. The number of hydrogen-bond acceptors (Lipinski definition) is 8. The molecule has 1 amide bonds. The maximum atomic E-state index is 10.3. The molecule has 0 fully saturated rings. The minimum Gasteiger partial charge on any atom is -0.494 e. The molecule has 1 aromatic rings. The van der Waals surface area contributed by atoms with Gasteiger partial charge in [0.15, 0.2) is 0 Å². The Balaban J connectivity index is 0.000000180. The minimum absolute atomic E-state index is 0.262. The van der Waals surface area contributed by atoms with Crippen molar-refractivity contribution < 1.29 is 15.1 Å². The average molecular weight is 260 g/mol. The van der Waals surface area contributed by atoms with Crippen LogP contribution in [-0.4, -0.2) is 36.5 Å². The molecular formula is C6H8N6O6. The Morgan fingerprint density at radius 3 is 1.67 bits per heavy atom. The highest BCUT2D eigenvalue weighted by Gasteiger charge is 2.11. The van der Waals surface area contributed by atoms with E-state index < -0.39 is 28.9 Å².